The van der Waals surface area contributed by atoms with E-state index in [0.717, 1.165) is 63.7 Å². The Morgan fingerprint density at radius 3 is 2.72 bits per heavy atom. The fourth-order valence-corrected chi connectivity index (χ4v) is 5.51. The molecule has 1 amide bonds. The quantitative estimate of drug-likeness (QED) is 0.355. The van der Waals surface area contributed by atoms with Crippen LogP contribution in [-0.2, 0) is 13.0 Å². The first-order chi connectivity index (χ1) is 17.0. The van der Waals surface area contributed by atoms with Crippen molar-refractivity contribution in [1.29, 1.82) is 5.26 Å². The Bertz CT molecular complexity index is 1310. The standard InChI is InChI=1S/C27H29N5O3.ClH/c28-16-19-4-7-22-17-31(13-11-20(22)14-19)12-10-18-5-8-23(9-6-18)29-27(33)24-15-21-2-1-3-25(32(34)35)26(21)30-24;/h1-4,7,14-15,18,23,30H,5-6,8-13,17H2,(H,29,33);1H. The highest BCUT2D eigenvalue weighted by atomic mass is 35.5. The second kappa shape index (κ2) is 11.1. The minimum absolute atomic E-state index is 0. The number of aromatic nitrogens is 1. The molecule has 1 aliphatic carbocycles. The van der Waals surface area contributed by atoms with Gasteiger partial charge in [-0.15, -0.1) is 12.4 Å². The van der Waals surface area contributed by atoms with Gasteiger partial charge in [0.05, 0.1) is 16.6 Å². The lowest BCUT2D eigenvalue weighted by molar-refractivity contribution is -0.383. The summed E-state index contributed by atoms with van der Waals surface area (Å²) in [5, 5.41) is 24.1. The molecule has 188 valence electrons. The number of carbonyl (C=O) groups is 1. The molecule has 5 rings (SSSR count). The van der Waals surface area contributed by atoms with E-state index in [1.54, 1.807) is 18.2 Å². The van der Waals surface area contributed by atoms with Crippen molar-refractivity contribution >= 4 is 34.9 Å². The highest BCUT2D eigenvalue weighted by molar-refractivity contribution is 6.00. The number of aromatic amines is 1. The molecule has 0 atom stereocenters. The summed E-state index contributed by atoms with van der Waals surface area (Å²) in [5.74, 6) is 0.465. The van der Waals surface area contributed by atoms with Crippen molar-refractivity contribution < 1.29 is 9.72 Å². The van der Waals surface area contributed by atoms with Gasteiger partial charge in [-0.3, -0.25) is 19.8 Å². The smallest absolute Gasteiger partial charge is 0.293 e. The van der Waals surface area contributed by atoms with Crippen LogP contribution in [0.2, 0.25) is 0 Å². The van der Waals surface area contributed by atoms with Gasteiger partial charge in [-0.1, -0.05) is 18.2 Å². The molecule has 0 spiro atoms. The summed E-state index contributed by atoms with van der Waals surface area (Å²) in [5.41, 5.74) is 4.11. The van der Waals surface area contributed by atoms with Gasteiger partial charge in [-0.25, -0.2) is 0 Å². The maximum Gasteiger partial charge on any atom is 0.293 e. The van der Waals surface area contributed by atoms with E-state index in [1.807, 2.05) is 12.1 Å². The molecule has 0 bridgehead atoms. The molecule has 1 fully saturated rings. The van der Waals surface area contributed by atoms with E-state index in [9.17, 15) is 14.9 Å². The zero-order chi connectivity index (χ0) is 24.4. The summed E-state index contributed by atoms with van der Waals surface area (Å²) in [7, 11) is 0. The Balaban J connectivity index is 0.00000304. The number of hydrogen-bond acceptors (Lipinski definition) is 5. The Morgan fingerprint density at radius 1 is 1.17 bits per heavy atom. The molecule has 1 saturated carbocycles. The van der Waals surface area contributed by atoms with Crippen LogP contribution in [0.25, 0.3) is 10.9 Å². The number of benzene rings is 2. The molecule has 0 saturated heterocycles. The summed E-state index contributed by atoms with van der Waals surface area (Å²) in [6.45, 7) is 3.07. The number of non-ortho nitro benzene ring substituents is 1. The van der Waals surface area contributed by atoms with Crippen LogP contribution in [-0.4, -0.2) is 39.8 Å². The van der Waals surface area contributed by atoms with E-state index in [1.165, 1.54) is 17.2 Å². The van der Waals surface area contributed by atoms with E-state index in [4.69, 9.17) is 5.26 Å². The number of halogens is 1. The van der Waals surface area contributed by atoms with Crippen LogP contribution < -0.4 is 5.32 Å². The molecule has 0 radical (unpaired) electrons. The van der Waals surface area contributed by atoms with Crippen molar-refractivity contribution in [3.8, 4) is 6.07 Å². The van der Waals surface area contributed by atoms with Gasteiger partial charge in [0.25, 0.3) is 11.6 Å². The van der Waals surface area contributed by atoms with Crippen molar-refractivity contribution in [2.75, 3.05) is 13.1 Å². The van der Waals surface area contributed by atoms with Gasteiger partial charge in [0.2, 0.25) is 0 Å². The van der Waals surface area contributed by atoms with Crippen LogP contribution in [0.5, 0.6) is 0 Å². The van der Waals surface area contributed by atoms with Crippen LogP contribution >= 0.6 is 12.4 Å². The van der Waals surface area contributed by atoms with E-state index in [2.05, 4.69) is 27.3 Å². The SMILES string of the molecule is Cl.N#Cc1ccc2c(c1)CCN(CCC1CCC(NC(=O)c3cc4cccc([N+](=O)[O-])c4[nH]3)CC1)C2. The Kier molecular flexibility index (Phi) is 7.92. The largest absolute Gasteiger partial charge is 0.348 e. The Hall–Kier alpha value is -3.41. The van der Waals surface area contributed by atoms with Crippen LogP contribution in [0.15, 0.2) is 42.5 Å². The maximum absolute atomic E-state index is 12.8. The number of nitro groups is 1. The van der Waals surface area contributed by atoms with E-state index in [-0.39, 0.29) is 30.0 Å². The number of H-pyrrole nitrogens is 1. The molecular formula is C27H30ClN5O3. The molecule has 1 aromatic heterocycles. The first kappa shape index (κ1) is 25.7. The first-order valence-corrected chi connectivity index (χ1v) is 12.3. The zero-order valence-electron chi connectivity index (χ0n) is 20.0. The molecule has 3 aromatic rings. The minimum Gasteiger partial charge on any atom is -0.348 e. The van der Waals surface area contributed by atoms with Gasteiger partial charge in [0, 0.05) is 30.6 Å². The van der Waals surface area contributed by atoms with Crippen molar-refractivity contribution in [2.45, 2.75) is 51.1 Å². The monoisotopic (exact) mass is 507 g/mol. The van der Waals surface area contributed by atoms with Crippen LogP contribution in [0.4, 0.5) is 5.69 Å². The lowest BCUT2D eigenvalue weighted by Gasteiger charge is -2.33. The van der Waals surface area contributed by atoms with Gasteiger partial charge in [-0.2, -0.15) is 5.26 Å². The molecule has 9 heteroatoms. The summed E-state index contributed by atoms with van der Waals surface area (Å²) >= 11 is 0. The molecule has 0 unspecified atom stereocenters. The van der Waals surface area contributed by atoms with E-state index >= 15 is 0 Å². The number of nitrogens with one attached hydrogen (secondary N) is 2. The van der Waals surface area contributed by atoms with Gasteiger partial charge >= 0.3 is 0 Å². The average molecular weight is 508 g/mol. The molecule has 2 heterocycles. The Labute approximate surface area is 216 Å². The lowest BCUT2D eigenvalue weighted by atomic mass is 9.84. The number of amides is 1. The second-order valence-corrected chi connectivity index (χ2v) is 9.78. The predicted octanol–water partition coefficient (Wildman–Crippen LogP) is 5.11. The fraction of sp³-hybridized carbons (Fsp3) is 0.407. The molecule has 1 aliphatic heterocycles. The van der Waals surface area contributed by atoms with Gasteiger partial charge < -0.3 is 10.3 Å². The van der Waals surface area contributed by atoms with Crippen LogP contribution in [0.1, 0.15) is 59.3 Å². The number of para-hydroxylation sites is 1. The highest BCUT2D eigenvalue weighted by Gasteiger charge is 2.25. The topological polar surface area (TPSA) is 115 Å². The summed E-state index contributed by atoms with van der Waals surface area (Å²) in [6.07, 6.45) is 6.27. The maximum atomic E-state index is 12.8. The molecule has 8 nitrogen and oxygen atoms in total. The Morgan fingerprint density at radius 2 is 1.97 bits per heavy atom. The molecule has 2 aliphatic rings. The molecule has 2 aromatic carbocycles. The average Bonchev–Trinajstić information content (AvgIpc) is 3.32. The number of nitriles is 1. The normalized spacial score (nSPS) is 19.6. The minimum atomic E-state index is -0.436. The number of rotatable bonds is 6. The molecule has 36 heavy (non-hydrogen) atoms. The first-order valence-electron chi connectivity index (χ1n) is 12.3. The van der Waals surface area contributed by atoms with Crippen LogP contribution in [0, 0.1) is 27.4 Å². The second-order valence-electron chi connectivity index (χ2n) is 9.78. The molecule has 2 N–H and O–H groups in total. The summed E-state index contributed by atoms with van der Waals surface area (Å²) < 4.78 is 0. The molecular weight excluding hydrogens is 478 g/mol. The van der Waals surface area contributed by atoms with Gasteiger partial charge in [0.15, 0.2) is 0 Å². The summed E-state index contributed by atoms with van der Waals surface area (Å²) in [4.78, 5) is 29.0. The summed E-state index contributed by atoms with van der Waals surface area (Å²) in [6, 6.07) is 14.9. The number of fused-ring (bicyclic) bond motifs is 2. The fourth-order valence-electron chi connectivity index (χ4n) is 5.51. The van der Waals surface area contributed by atoms with Crippen LogP contribution in [0.3, 0.4) is 0 Å². The lowest BCUT2D eigenvalue weighted by Crippen LogP contribution is -2.38. The number of nitrogens with zero attached hydrogens (tertiary/aromatic N) is 3. The third-order valence-corrected chi connectivity index (χ3v) is 7.54. The van der Waals surface area contributed by atoms with Crippen molar-refractivity contribution in [2.24, 2.45) is 5.92 Å². The number of hydrogen-bond donors (Lipinski definition) is 2. The van der Waals surface area contributed by atoms with E-state index < -0.39 is 4.92 Å². The number of carbonyl (C=O) groups excluding carboxylic acids is 1. The zero-order valence-corrected chi connectivity index (χ0v) is 20.9. The van der Waals surface area contributed by atoms with Crippen molar-refractivity contribution in [3.63, 3.8) is 0 Å². The van der Waals surface area contributed by atoms with Crippen molar-refractivity contribution in [3.05, 3.63) is 75.0 Å². The predicted molar refractivity (Wildman–Crippen MR) is 140 cm³/mol. The highest BCUT2D eigenvalue weighted by Crippen LogP contribution is 2.29. The third kappa shape index (κ3) is 5.53. The van der Waals surface area contributed by atoms with Gasteiger partial charge in [-0.05, 0) is 80.3 Å². The van der Waals surface area contributed by atoms with E-state index in [0.29, 0.717) is 22.5 Å². The van der Waals surface area contributed by atoms with Gasteiger partial charge in [0.1, 0.15) is 11.2 Å². The third-order valence-electron chi connectivity index (χ3n) is 7.54. The van der Waals surface area contributed by atoms with Crippen molar-refractivity contribution in [1.82, 2.24) is 15.2 Å². The number of nitro benzene ring substituents is 1.